The summed E-state index contributed by atoms with van der Waals surface area (Å²) in [6.45, 7) is 4.98. The first-order chi connectivity index (χ1) is 9.72. The van der Waals surface area contributed by atoms with Crippen LogP contribution in [0.4, 0.5) is 17.6 Å². The Morgan fingerprint density at radius 1 is 1.05 bits per heavy atom. The second-order valence-corrected chi connectivity index (χ2v) is 4.65. The number of hydrogen-bond donors (Lipinski definition) is 2. The zero-order valence-electron chi connectivity index (χ0n) is 11.7. The molecule has 0 saturated carbocycles. The Bertz CT molecular complexity index is 573. The van der Waals surface area contributed by atoms with E-state index < -0.39 is 0 Å². The smallest absolute Gasteiger partial charge is 0.233 e. The molecule has 6 heteroatoms. The highest BCUT2D eigenvalue weighted by Crippen LogP contribution is 2.20. The quantitative estimate of drug-likeness (QED) is 0.850. The van der Waals surface area contributed by atoms with E-state index in [1.165, 1.54) is 5.56 Å². The maximum absolute atomic E-state index is 5.93. The molecule has 0 unspecified atom stereocenters. The third-order valence-corrected chi connectivity index (χ3v) is 2.96. The Morgan fingerprint density at radius 3 is 2.55 bits per heavy atom. The fourth-order valence-electron chi connectivity index (χ4n) is 1.79. The van der Waals surface area contributed by atoms with E-state index in [1.54, 1.807) is 0 Å². The lowest BCUT2D eigenvalue weighted by molar-refractivity contribution is 0.940. The minimum absolute atomic E-state index is 0.176. The van der Waals surface area contributed by atoms with Gasteiger partial charge >= 0.3 is 0 Å². The largest absolute Gasteiger partial charge is 0.354 e. The first kappa shape index (κ1) is 14.5. The van der Waals surface area contributed by atoms with Crippen molar-refractivity contribution in [3.8, 4) is 0 Å². The van der Waals surface area contributed by atoms with E-state index in [2.05, 4.69) is 45.5 Å². The molecule has 1 aromatic heterocycles. The number of rotatable bonds is 6. The average Bonchev–Trinajstić information content (AvgIpc) is 2.45. The highest BCUT2D eigenvalue weighted by atomic mass is 35.5. The molecule has 0 bridgehead atoms. The van der Waals surface area contributed by atoms with Crippen molar-refractivity contribution in [2.75, 3.05) is 17.2 Å². The molecule has 0 aliphatic rings. The van der Waals surface area contributed by atoms with Crippen LogP contribution in [0.1, 0.15) is 25.8 Å². The van der Waals surface area contributed by atoms with Gasteiger partial charge in [0.1, 0.15) is 0 Å². The second kappa shape index (κ2) is 7.05. The molecule has 0 aliphatic carbocycles. The molecule has 0 spiro atoms. The SMILES string of the molecule is CCCNc1nc(Cl)nc(Nc2ccccc2CC)n1. The molecule has 0 amide bonds. The summed E-state index contributed by atoms with van der Waals surface area (Å²) in [5.74, 6) is 0.938. The molecular formula is C14H18ClN5. The highest BCUT2D eigenvalue weighted by Gasteiger charge is 2.06. The van der Waals surface area contributed by atoms with Gasteiger partial charge < -0.3 is 10.6 Å². The fourth-order valence-corrected chi connectivity index (χ4v) is 1.95. The normalized spacial score (nSPS) is 10.3. The van der Waals surface area contributed by atoms with E-state index in [0.29, 0.717) is 11.9 Å². The van der Waals surface area contributed by atoms with Crippen molar-refractivity contribution in [2.24, 2.45) is 0 Å². The number of benzene rings is 1. The van der Waals surface area contributed by atoms with Crippen LogP contribution in [0.25, 0.3) is 0 Å². The average molecular weight is 292 g/mol. The van der Waals surface area contributed by atoms with Gasteiger partial charge in [-0.15, -0.1) is 0 Å². The number of halogens is 1. The number of nitrogens with one attached hydrogen (secondary N) is 2. The van der Waals surface area contributed by atoms with Gasteiger partial charge in [0.25, 0.3) is 0 Å². The van der Waals surface area contributed by atoms with Crippen LogP contribution in [0.2, 0.25) is 5.28 Å². The van der Waals surface area contributed by atoms with Crippen LogP contribution in [0.5, 0.6) is 0 Å². The molecule has 0 fully saturated rings. The van der Waals surface area contributed by atoms with Crippen LogP contribution in [0.3, 0.4) is 0 Å². The summed E-state index contributed by atoms with van der Waals surface area (Å²) >= 11 is 5.93. The molecule has 0 atom stereocenters. The summed E-state index contributed by atoms with van der Waals surface area (Å²) in [5, 5.41) is 6.47. The number of hydrogen-bond acceptors (Lipinski definition) is 5. The van der Waals surface area contributed by atoms with Gasteiger partial charge in [-0.1, -0.05) is 32.0 Å². The molecule has 20 heavy (non-hydrogen) atoms. The third-order valence-electron chi connectivity index (χ3n) is 2.79. The zero-order valence-corrected chi connectivity index (χ0v) is 12.4. The van der Waals surface area contributed by atoms with E-state index in [-0.39, 0.29) is 5.28 Å². The van der Waals surface area contributed by atoms with Crippen LogP contribution in [0.15, 0.2) is 24.3 Å². The predicted molar refractivity (Wildman–Crippen MR) is 82.7 cm³/mol. The van der Waals surface area contributed by atoms with Gasteiger partial charge in [-0.3, -0.25) is 0 Å². The molecular weight excluding hydrogens is 274 g/mol. The standard InChI is InChI=1S/C14H18ClN5/c1-3-9-16-13-18-12(15)19-14(20-13)17-11-8-6-5-7-10(11)4-2/h5-8H,3-4,9H2,1-2H3,(H2,16,17,18,19,20). The molecule has 106 valence electrons. The molecule has 1 aromatic carbocycles. The molecule has 0 saturated heterocycles. The predicted octanol–water partition coefficient (Wildman–Crippen LogP) is 3.65. The lowest BCUT2D eigenvalue weighted by Gasteiger charge is -2.10. The van der Waals surface area contributed by atoms with Crippen molar-refractivity contribution >= 4 is 29.2 Å². The molecule has 5 nitrogen and oxygen atoms in total. The Kier molecular flexibility index (Phi) is 5.12. The third kappa shape index (κ3) is 3.81. The Morgan fingerprint density at radius 2 is 1.80 bits per heavy atom. The van der Waals surface area contributed by atoms with Gasteiger partial charge in [-0.05, 0) is 36.1 Å². The molecule has 1 heterocycles. The minimum atomic E-state index is 0.176. The Hall–Kier alpha value is -1.88. The van der Waals surface area contributed by atoms with Gasteiger partial charge in [-0.25, -0.2) is 0 Å². The first-order valence-electron chi connectivity index (χ1n) is 6.73. The van der Waals surface area contributed by atoms with Gasteiger partial charge in [-0.2, -0.15) is 15.0 Å². The number of anilines is 3. The highest BCUT2D eigenvalue weighted by molar-refractivity contribution is 6.28. The lowest BCUT2D eigenvalue weighted by atomic mass is 10.1. The summed E-state index contributed by atoms with van der Waals surface area (Å²) in [5.41, 5.74) is 2.19. The summed E-state index contributed by atoms with van der Waals surface area (Å²) in [6, 6.07) is 8.05. The Balaban J connectivity index is 2.22. The van der Waals surface area contributed by atoms with Gasteiger partial charge in [0.2, 0.25) is 17.2 Å². The van der Waals surface area contributed by atoms with E-state index in [0.717, 1.165) is 25.1 Å². The maximum Gasteiger partial charge on any atom is 0.233 e. The summed E-state index contributed by atoms with van der Waals surface area (Å²) in [6.07, 6.45) is 1.92. The van der Waals surface area contributed by atoms with Crippen molar-refractivity contribution in [1.82, 2.24) is 15.0 Å². The maximum atomic E-state index is 5.93. The van der Waals surface area contributed by atoms with Crippen molar-refractivity contribution in [3.05, 3.63) is 35.1 Å². The van der Waals surface area contributed by atoms with Crippen molar-refractivity contribution in [3.63, 3.8) is 0 Å². The lowest BCUT2D eigenvalue weighted by Crippen LogP contribution is -2.08. The number of para-hydroxylation sites is 1. The van der Waals surface area contributed by atoms with E-state index in [9.17, 15) is 0 Å². The van der Waals surface area contributed by atoms with E-state index in [1.807, 2.05) is 18.2 Å². The van der Waals surface area contributed by atoms with Crippen LogP contribution in [-0.2, 0) is 6.42 Å². The van der Waals surface area contributed by atoms with Gasteiger partial charge in [0.05, 0.1) is 0 Å². The van der Waals surface area contributed by atoms with Gasteiger partial charge in [0.15, 0.2) is 0 Å². The Labute approximate surface area is 123 Å². The van der Waals surface area contributed by atoms with Crippen LogP contribution < -0.4 is 10.6 Å². The van der Waals surface area contributed by atoms with Crippen molar-refractivity contribution in [2.45, 2.75) is 26.7 Å². The molecule has 2 rings (SSSR count). The van der Waals surface area contributed by atoms with Crippen LogP contribution in [0, 0.1) is 0 Å². The number of nitrogens with zero attached hydrogens (tertiary/aromatic N) is 3. The molecule has 2 aromatic rings. The molecule has 0 aliphatic heterocycles. The summed E-state index contributed by atoms with van der Waals surface area (Å²) in [4.78, 5) is 12.5. The monoisotopic (exact) mass is 291 g/mol. The fraction of sp³-hybridized carbons (Fsp3) is 0.357. The van der Waals surface area contributed by atoms with Crippen LogP contribution in [-0.4, -0.2) is 21.5 Å². The van der Waals surface area contributed by atoms with E-state index >= 15 is 0 Å². The first-order valence-corrected chi connectivity index (χ1v) is 7.11. The topological polar surface area (TPSA) is 62.7 Å². The molecule has 0 radical (unpaired) electrons. The minimum Gasteiger partial charge on any atom is -0.354 e. The number of aryl methyl sites for hydroxylation is 1. The molecule has 2 N–H and O–H groups in total. The number of aromatic nitrogens is 3. The van der Waals surface area contributed by atoms with E-state index in [4.69, 9.17) is 11.6 Å². The second-order valence-electron chi connectivity index (χ2n) is 4.31. The summed E-state index contributed by atoms with van der Waals surface area (Å²) < 4.78 is 0. The zero-order chi connectivity index (χ0) is 14.4. The van der Waals surface area contributed by atoms with Gasteiger partial charge in [0, 0.05) is 12.2 Å². The van der Waals surface area contributed by atoms with Crippen molar-refractivity contribution < 1.29 is 0 Å². The van der Waals surface area contributed by atoms with Crippen molar-refractivity contribution in [1.29, 1.82) is 0 Å². The van der Waals surface area contributed by atoms with Crippen LogP contribution >= 0.6 is 11.6 Å². The summed E-state index contributed by atoms with van der Waals surface area (Å²) in [7, 11) is 0.